The Morgan fingerprint density at radius 2 is 1.76 bits per heavy atom. The van der Waals surface area contributed by atoms with E-state index < -0.39 is 17.6 Å². The number of anilines is 1. The lowest BCUT2D eigenvalue weighted by Gasteiger charge is -2.10. The van der Waals surface area contributed by atoms with E-state index >= 15 is 0 Å². The second-order valence-corrected chi connectivity index (χ2v) is 4.93. The minimum atomic E-state index is -1.30. The van der Waals surface area contributed by atoms with E-state index in [1.54, 1.807) is 0 Å². The Kier molecular flexibility index (Phi) is 4.35. The van der Waals surface area contributed by atoms with Gasteiger partial charge < -0.3 is 15.5 Å². The molecule has 21 heavy (non-hydrogen) atoms. The molecule has 0 aliphatic carbocycles. The number of amides is 1. The zero-order valence-electron chi connectivity index (χ0n) is 10.4. The molecule has 0 saturated heterocycles. The van der Waals surface area contributed by atoms with E-state index in [4.69, 9.17) is 28.3 Å². The normalized spacial score (nSPS) is 10.2. The smallest absolute Gasteiger partial charge is 0.339 e. The molecule has 0 aliphatic rings. The molecule has 2 aromatic rings. The summed E-state index contributed by atoms with van der Waals surface area (Å²) in [4.78, 5) is 23.0. The topological polar surface area (TPSA) is 86.6 Å². The Labute approximate surface area is 129 Å². The number of nitrogens with one attached hydrogen (secondary N) is 1. The standard InChI is InChI=1S/C14H9Cl2NO4/c15-7-4-5-8(10(16)6-7)13(19)17-11-3-1-2-9(12(11)18)14(20)21/h1-6,18H,(H,17,19)(H,20,21). The molecule has 0 fully saturated rings. The van der Waals surface area contributed by atoms with Gasteiger partial charge in [-0.1, -0.05) is 29.3 Å². The molecule has 0 heterocycles. The lowest BCUT2D eigenvalue weighted by atomic mass is 10.1. The Balaban J connectivity index is 2.32. The molecule has 0 aromatic heterocycles. The monoisotopic (exact) mass is 325 g/mol. The van der Waals surface area contributed by atoms with Gasteiger partial charge in [0.15, 0.2) is 5.75 Å². The summed E-state index contributed by atoms with van der Waals surface area (Å²) in [6, 6.07) is 8.34. The molecule has 0 bridgehead atoms. The molecule has 7 heteroatoms. The van der Waals surface area contributed by atoms with Crippen molar-refractivity contribution in [3.63, 3.8) is 0 Å². The molecule has 5 nitrogen and oxygen atoms in total. The van der Waals surface area contributed by atoms with Crippen LogP contribution in [0.2, 0.25) is 10.0 Å². The second-order valence-electron chi connectivity index (χ2n) is 4.09. The van der Waals surface area contributed by atoms with Crippen molar-refractivity contribution in [1.82, 2.24) is 0 Å². The number of carboxylic acid groups (broad SMARTS) is 1. The summed E-state index contributed by atoms with van der Waals surface area (Å²) < 4.78 is 0. The van der Waals surface area contributed by atoms with Crippen LogP contribution in [0.1, 0.15) is 20.7 Å². The molecule has 2 aromatic carbocycles. The van der Waals surface area contributed by atoms with E-state index in [-0.39, 0.29) is 21.8 Å². The fraction of sp³-hybridized carbons (Fsp3) is 0. The van der Waals surface area contributed by atoms with Crippen molar-refractivity contribution in [2.75, 3.05) is 5.32 Å². The molecular weight excluding hydrogens is 317 g/mol. The van der Waals surface area contributed by atoms with Gasteiger partial charge in [0.05, 0.1) is 16.3 Å². The summed E-state index contributed by atoms with van der Waals surface area (Å²) in [5.74, 6) is -2.41. The molecular formula is C14H9Cl2NO4. The van der Waals surface area contributed by atoms with Crippen molar-refractivity contribution < 1.29 is 19.8 Å². The van der Waals surface area contributed by atoms with E-state index in [1.807, 2.05) is 0 Å². The van der Waals surface area contributed by atoms with Crippen molar-refractivity contribution in [2.45, 2.75) is 0 Å². The van der Waals surface area contributed by atoms with Crippen molar-refractivity contribution in [3.8, 4) is 5.75 Å². The zero-order valence-corrected chi connectivity index (χ0v) is 11.9. The van der Waals surface area contributed by atoms with Crippen LogP contribution in [0.3, 0.4) is 0 Å². The minimum absolute atomic E-state index is 0.0223. The number of aromatic carboxylic acids is 1. The van der Waals surface area contributed by atoms with Gasteiger partial charge in [0.25, 0.3) is 5.91 Å². The summed E-state index contributed by atoms with van der Waals surface area (Å²) >= 11 is 11.7. The van der Waals surface area contributed by atoms with E-state index in [1.165, 1.54) is 36.4 Å². The highest BCUT2D eigenvalue weighted by Crippen LogP contribution is 2.29. The summed E-state index contributed by atoms with van der Waals surface area (Å²) in [6.07, 6.45) is 0. The van der Waals surface area contributed by atoms with Crippen LogP contribution in [0, 0.1) is 0 Å². The first-order chi connectivity index (χ1) is 9.90. The Bertz CT molecular complexity index is 731. The summed E-state index contributed by atoms with van der Waals surface area (Å²) in [5, 5.41) is 21.7. The van der Waals surface area contributed by atoms with Crippen LogP contribution in [0.15, 0.2) is 36.4 Å². The molecule has 1 amide bonds. The third-order valence-corrected chi connectivity index (χ3v) is 3.24. The minimum Gasteiger partial charge on any atom is -0.505 e. The third kappa shape index (κ3) is 3.26. The predicted octanol–water partition coefficient (Wildman–Crippen LogP) is 3.65. The van der Waals surface area contributed by atoms with Crippen molar-refractivity contribution in [1.29, 1.82) is 0 Å². The number of carbonyl (C=O) groups excluding carboxylic acids is 1. The highest BCUT2D eigenvalue weighted by molar-refractivity contribution is 6.37. The first-order valence-corrected chi connectivity index (χ1v) is 6.47. The van der Waals surface area contributed by atoms with Gasteiger partial charge in [-0.05, 0) is 30.3 Å². The molecule has 0 unspecified atom stereocenters. The van der Waals surface area contributed by atoms with Crippen molar-refractivity contribution >= 4 is 40.8 Å². The number of hydrogen-bond acceptors (Lipinski definition) is 3. The molecule has 0 spiro atoms. The highest BCUT2D eigenvalue weighted by Gasteiger charge is 2.16. The number of hydrogen-bond donors (Lipinski definition) is 3. The average molecular weight is 326 g/mol. The molecule has 108 valence electrons. The lowest BCUT2D eigenvalue weighted by Crippen LogP contribution is -2.13. The van der Waals surface area contributed by atoms with Gasteiger partial charge >= 0.3 is 5.97 Å². The van der Waals surface area contributed by atoms with E-state index in [2.05, 4.69) is 5.32 Å². The SMILES string of the molecule is O=C(Nc1cccc(C(=O)O)c1O)c1ccc(Cl)cc1Cl. The van der Waals surface area contributed by atoms with Gasteiger partial charge in [-0.3, -0.25) is 4.79 Å². The van der Waals surface area contributed by atoms with Crippen LogP contribution < -0.4 is 5.32 Å². The van der Waals surface area contributed by atoms with Crippen molar-refractivity contribution in [3.05, 3.63) is 57.6 Å². The Hall–Kier alpha value is -2.24. The van der Waals surface area contributed by atoms with E-state index in [9.17, 15) is 14.7 Å². The lowest BCUT2D eigenvalue weighted by molar-refractivity contribution is 0.0693. The summed E-state index contributed by atoms with van der Waals surface area (Å²) in [6.45, 7) is 0. The third-order valence-electron chi connectivity index (χ3n) is 2.69. The molecule has 3 N–H and O–H groups in total. The molecule has 0 radical (unpaired) electrons. The number of carboxylic acids is 1. The quantitative estimate of drug-likeness (QED) is 0.752. The van der Waals surface area contributed by atoms with Crippen LogP contribution in [0.5, 0.6) is 5.75 Å². The van der Waals surface area contributed by atoms with Crippen LogP contribution in [0.25, 0.3) is 0 Å². The van der Waals surface area contributed by atoms with Gasteiger partial charge in [-0.2, -0.15) is 0 Å². The van der Waals surface area contributed by atoms with Crippen molar-refractivity contribution in [2.24, 2.45) is 0 Å². The molecule has 0 aliphatic heterocycles. The largest absolute Gasteiger partial charge is 0.505 e. The van der Waals surface area contributed by atoms with Gasteiger partial charge in [-0.25, -0.2) is 4.79 Å². The average Bonchev–Trinajstić information content (AvgIpc) is 2.40. The van der Waals surface area contributed by atoms with Gasteiger partial charge in [0.1, 0.15) is 5.56 Å². The molecule has 2 rings (SSSR count). The number of phenols is 1. The van der Waals surface area contributed by atoms with Crippen LogP contribution in [-0.2, 0) is 0 Å². The van der Waals surface area contributed by atoms with Gasteiger partial charge in [0.2, 0.25) is 0 Å². The number of para-hydroxylation sites is 1. The predicted molar refractivity (Wildman–Crippen MR) is 79.5 cm³/mol. The fourth-order valence-electron chi connectivity index (χ4n) is 1.68. The van der Waals surface area contributed by atoms with Gasteiger partial charge in [0, 0.05) is 5.02 Å². The number of carbonyl (C=O) groups is 2. The Morgan fingerprint density at radius 1 is 1.05 bits per heavy atom. The summed E-state index contributed by atoms with van der Waals surface area (Å²) in [7, 11) is 0. The van der Waals surface area contributed by atoms with E-state index in [0.29, 0.717) is 5.02 Å². The molecule has 0 saturated carbocycles. The maximum absolute atomic E-state index is 12.1. The first kappa shape index (κ1) is 15.2. The highest BCUT2D eigenvalue weighted by atomic mass is 35.5. The van der Waals surface area contributed by atoms with E-state index in [0.717, 1.165) is 0 Å². The van der Waals surface area contributed by atoms with Crippen LogP contribution >= 0.6 is 23.2 Å². The number of benzene rings is 2. The maximum Gasteiger partial charge on any atom is 0.339 e. The van der Waals surface area contributed by atoms with Crippen LogP contribution in [-0.4, -0.2) is 22.1 Å². The fourth-order valence-corrected chi connectivity index (χ4v) is 2.17. The molecule has 0 atom stereocenters. The summed E-state index contributed by atoms with van der Waals surface area (Å²) in [5.41, 5.74) is -0.179. The number of halogens is 2. The second kappa shape index (κ2) is 6.03. The van der Waals surface area contributed by atoms with Gasteiger partial charge in [-0.15, -0.1) is 0 Å². The Morgan fingerprint density at radius 3 is 2.38 bits per heavy atom. The first-order valence-electron chi connectivity index (χ1n) is 5.72. The maximum atomic E-state index is 12.1. The number of rotatable bonds is 3. The van der Waals surface area contributed by atoms with Crippen LogP contribution in [0.4, 0.5) is 5.69 Å². The zero-order chi connectivity index (χ0) is 15.6. The number of aromatic hydroxyl groups is 1.